The molecule has 4 nitrogen and oxygen atoms in total. The summed E-state index contributed by atoms with van der Waals surface area (Å²) in [7, 11) is 0. The minimum atomic E-state index is -0.0138. The van der Waals surface area contributed by atoms with Crippen molar-refractivity contribution in [2.75, 3.05) is 6.54 Å². The van der Waals surface area contributed by atoms with Crippen molar-refractivity contribution in [1.82, 2.24) is 20.4 Å². The van der Waals surface area contributed by atoms with Gasteiger partial charge in [-0.2, -0.15) is 0 Å². The Balaban J connectivity index is 1.55. The largest absolute Gasteiger partial charge is 0.346 e. The van der Waals surface area contributed by atoms with Crippen molar-refractivity contribution in [1.29, 1.82) is 0 Å². The van der Waals surface area contributed by atoms with Crippen molar-refractivity contribution < 1.29 is 0 Å². The lowest BCUT2D eigenvalue weighted by Gasteiger charge is -2.32. The van der Waals surface area contributed by atoms with E-state index in [9.17, 15) is 0 Å². The summed E-state index contributed by atoms with van der Waals surface area (Å²) >= 11 is 12.8. The first-order valence-corrected chi connectivity index (χ1v) is 9.21. The second-order valence-electron chi connectivity index (χ2n) is 6.09. The van der Waals surface area contributed by atoms with Gasteiger partial charge in [-0.25, -0.2) is 10.4 Å². The number of aromatic nitrogens is 2. The van der Waals surface area contributed by atoms with E-state index in [1.165, 1.54) is 0 Å². The van der Waals surface area contributed by atoms with E-state index in [0.717, 1.165) is 40.1 Å². The number of allylic oxidation sites excluding steroid dienone is 2. The molecule has 3 aromatic rings. The van der Waals surface area contributed by atoms with Crippen LogP contribution in [0.4, 0.5) is 0 Å². The Kier molecular flexibility index (Phi) is 4.98. The second kappa shape index (κ2) is 7.54. The van der Waals surface area contributed by atoms with Gasteiger partial charge in [-0.1, -0.05) is 53.6 Å². The van der Waals surface area contributed by atoms with Gasteiger partial charge < -0.3 is 9.99 Å². The molecular formula is C20H18Cl2N4. The summed E-state index contributed by atoms with van der Waals surface area (Å²) in [6.07, 6.45) is 12.6. The predicted molar refractivity (Wildman–Crippen MR) is 107 cm³/mol. The molecule has 0 fully saturated rings. The summed E-state index contributed by atoms with van der Waals surface area (Å²) in [4.78, 5) is 7.50. The fourth-order valence-corrected chi connectivity index (χ4v) is 3.70. The number of fused-ring (bicyclic) bond motifs is 1. The number of halogens is 2. The van der Waals surface area contributed by atoms with E-state index in [4.69, 9.17) is 23.2 Å². The highest BCUT2D eigenvalue weighted by molar-refractivity contribution is 6.32. The van der Waals surface area contributed by atoms with Crippen molar-refractivity contribution in [2.24, 2.45) is 0 Å². The van der Waals surface area contributed by atoms with Crippen LogP contribution in [-0.4, -0.2) is 21.5 Å². The molecule has 2 N–H and O–H groups in total. The normalized spacial score (nSPS) is 16.5. The van der Waals surface area contributed by atoms with E-state index in [0.29, 0.717) is 5.02 Å². The highest BCUT2D eigenvalue weighted by Gasteiger charge is 2.22. The third-order valence-corrected chi connectivity index (χ3v) is 5.14. The highest BCUT2D eigenvalue weighted by Crippen LogP contribution is 2.34. The number of rotatable bonds is 5. The summed E-state index contributed by atoms with van der Waals surface area (Å²) < 4.78 is 0. The van der Waals surface area contributed by atoms with Gasteiger partial charge in [0, 0.05) is 41.1 Å². The number of hydrogen-bond acceptors (Lipinski definition) is 3. The summed E-state index contributed by atoms with van der Waals surface area (Å²) in [6.45, 7) is 0.761. The molecule has 1 atom stereocenters. The van der Waals surface area contributed by atoms with Crippen molar-refractivity contribution in [3.8, 4) is 0 Å². The zero-order chi connectivity index (χ0) is 17.9. The van der Waals surface area contributed by atoms with Crippen LogP contribution in [0.25, 0.3) is 11.0 Å². The number of aromatic amines is 1. The molecule has 1 aliphatic rings. The molecule has 0 spiro atoms. The number of pyridine rings is 1. The average molecular weight is 385 g/mol. The van der Waals surface area contributed by atoms with Crippen LogP contribution in [0, 0.1) is 0 Å². The van der Waals surface area contributed by atoms with Gasteiger partial charge in [0.05, 0.1) is 11.1 Å². The van der Waals surface area contributed by atoms with Gasteiger partial charge >= 0.3 is 0 Å². The lowest BCUT2D eigenvalue weighted by atomic mass is 10.0. The first kappa shape index (κ1) is 17.2. The molecule has 26 heavy (non-hydrogen) atoms. The monoisotopic (exact) mass is 384 g/mol. The van der Waals surface area contributed by atoms with Crippen molar-refractivity contribution in [2.45, 2.75) is 12.5 Å². The lowest BCUT2D eigenvalue weighted by molar-refractivity contribution is 0.228. The van der Waals surface area contributed by atoms with E-state index in [2.05, 4.69) is 32.5 Å². The molecule has 0 amide bonds. The van der Waals surface area contributed by atoms with Gasteiger partial charge in [0.25, 0.3) is 0 Å². The third-order valence-electron chi connectivity index (χ3n) is 4.47. The van der Waals surface area contributed by atoms with Gasteiger partial charge in [-0.05, 0) is 30.2 Å². The number of H-pyrrole nitrogens is 1. The van der Waals surface area contributed by atoms with Crippen molar-refractivity contribution in [3.05, 3.63) is 88.3 Å². The Bertz CT molecular complexity index is 977. The second-order valence-corrected chi connectivity index (χ2v) is 6.90. The van der Waals surface area contributed by atoms with Crippen molar-refractivity contribution >= 4 is 34.2 Å². The van der Waals surface area contributed by atoms with Crippen LogP contribution >= 0.6 is 23.2 Å². The van der Waals surface area contributed by atoms with Gasteiger partial charge in [-0.3, -0.25) is 0 Å². The maximum absolute atomic E-state index is 6.50. The standard InChI is InChI=1S/C20H18Cl2N4/c21-16-6-2-1-5-14(16)8-11-25-26-12-4-3-7-18(26)19-15-9-10-23-20(15)24-13-17(19)22/h1-7,9-10,12-13,18,25H,8,11H2,(H,23,24). The SMILES string of the molecule is Clc1ccccc1CCNN1C=CC=CC1c1c(Cl)cnc2[nH]ccc12. The van der Waals surface area contributed by atoms with Gasteiger partial charge in [-0.15, -0.1) is 0 Å². The van der Waals surface area contributed by atoms with E-state index in [1.54, 1.807) is 6.20 Å². The number of benzene rings is 1. The fourth-order valence-electron chi connectivity index (χ4n) is 3.21. The predicted octanol–water partition coefficient (Wildman–Crippen LogP) is 5.04. The molecule has 0 aliphatic carbocycles. The number of nitrogens with zero attached hydrogens (tertiary/aromatic N) is 2. The number of nitrogens with one attached hydrogen (secondary N) is 2. The molecule has 3 heterocycles. The van der Waals surface area contributed by atoms with E-state index in [1.807, 2.05) is 48.8 Å². The zero-order valence-electron chi connectivity index (χ0n) is 14.0. The van der Waals surface area contributed by atoms with Crippen LogP contribution in [0.2, 0.25) is 10.0 Å². The quantitative estimate of drug-likeness (QED) is 0.647. The van der Waals surface area contributed by atoms with Crippen LogP contribution in [0.5, 0.6) is 0 Å². The molecular weight excluding hydrogens is 367 g/mol. The summed E-state index contributed by atoms with van der Waals surface area (Å²) in [5.74, 6) is 0. The summed E-state index contributed by atoms with van der Waals surface area (Å²) in [6, 6.07) is 9.92. The zero-order valence-corrected chi connectivity index (χ0v) is 15.5. The topological polar surface area (TPSA) is 44.0 Å². The lowest BCUT2D eigenvalue weighted by Crippen LogP contribution is -2.38. The van der Waals surface area contributed by atoms with Crippen LogP contribution in [0.3, 0.4) is 0 Å². The minimum absolute atomic E-state index is 0.0138. The summed E-state index contributed by atoms with van der Waals surface area (Å²) in [5, 5.41) is 4.55. The molecule has 0 bridgehead atoms. The van der Waals surface area contributed by atoms with E-state index >= 15 is 0 Å². The maximum Gasteiger partial charge on any atom is 0.137 e. The summed E-state index contributed by atoms with van der Waals surface area (Å²) in [5.41, 5.74) is 6.47. The van der Waals surface area contributed by atoms with E-state index in [-0.39, 0.29) is 6.04 Å². The highest BCUT2D eigenvalue weighted by atomic mass is 35.5. The maximum atomic E-state index is 6.50. The molecule has 2 aromatic heterocycles. The Morgan fingerprint density at radius 2 is 2.00 bits per heavy atom. The van der Waals surface area contributed by atoms with Crippen molar-refractivity contribution in [3.63, 3.8) is 0 Å². The Hall–Kier alpha value is -2.27. The van der Waals surface area contributed by atoms with Gasteiger partial charge in [0.2, 0.25) is 0 Å². The molecule has 0 saturated heterocycles. The van der Waals surface area contributed by atoms with Crippen LogP contribution in [-0.2, 0) is 6.42 Å². The third kappa shape index (κ3) is 3.36. The molecule has 132 valence electrons. The van der Waals surface area contributed by atoms with Gasteiger partial charge in [0.1, 0.15) is 5.65 Å². The molecule has 1 unspecified atom stereocenters. The number of hydrogen-bond donors (Lipinski definition) is 2. The fraction of sp³-hybridized carbons (Fsp3) is 0.150. The van der Waals surface area contributed by atoms with E-state index < -0.39 is 0 Å². The smallest absolute Gasteiger partial charge is 0.137 e. The molecule has 6 heteroatoms. The average Bonchev–Trinajstić information content (AvgIpc) is 3.13. The Labute approximate surface area is 162 Å². The number of hydrazine groups is 1. The first-order valence-electron chi connectivity index (χ1n) is 8.46. The molecule has 0 radical (unpaired) electrons. The molecule has 1 aliphatic heterocycles. The van der Waals surface area contributed by atoms with Crippen LogP contribution in [0.15, 0.2) is 67.2 Å². The first-order chi connectivity index (χ1) is 12.7. The molecule has 4 rings (SSSR count). The van der Waals surface area contributed by atoms with Gasteiger partial charge in [0.15, 0.2) is 0 Å². The molecule has 1 aromatic carbocycles. The van der Waals surface area contributed by atoms with Crippen LogP contribution in [0.1, 0.15) is 17.2 Å². The Morgan fingerprint density at radius 3 is 2.88 bits per heavy atom. The Morgan fingerprint density at radius 1 is 1.12 bits per heavy atom. The minimum Gasteiger partial charge on any atom is -0.346 e. The van der Waals surface area contributed by atoms with Crippen LogP contribution < -0.4 is 5.43 Å². The molecule has 0 saturated carbocycles.